The molecule has 0 aromatic heterocycles. The van der Waals surface area contributed by atoms with Crippen molar-refractivity contribution >= 4 is 11.7 Å². The number of amides is 2. The molecule has 2 N–H and O–H groups in total. The minimum atomic E-state index is -0.287. The van der Waals surface area contributed by atoms with E-state index in [0.717, 1.165) is 11.3 Å². The molecule has 0 heterocycles. The van der Waals surface area contributed by atoms with E-state index in [1.165, 1.54) is 0 Å². The minimum absolute atomic E-state index is 0.287. The largest absolute Gasteiger partial charge is 0.455 e. The maximum absolute atomic E-state index is 11.9. The van der Waals surface area contributed by atoms with Crippen LogP contribution in [-0.2, 0) is 4.74 Å². The average molecular weight is 314 g/mol. The van der Waals surface area contributed by atoms with Gasteiger partial charge in [0.05, 0.1) is 12.3 Å². The van der Waals surface area contributed by atoms with Gasteiger partial charge in [-0.25, -0.2) is 4.79 Å². The zero-order chi connectivity index (χ0) is 16.5. The van der Waals surface area contributed by atoms with Gasteiger partial charge in [0, 0.05) is 13.2 Å². The normalized spacial score (nSPS) is 10.2. The molecule has 122 valence electrons. The summed E-state index contributed by atoms with van der Waals surface area (Å²) in [5.41, 5.74) is 1.73. The van der Waals surface area contributed by atoms with Crippen LogP contribution in [0.5, 0.6) is 11.5 Å². The standard InChI is InChI=1S/C18H22N2O3/c1-3-22-12-11-19-18(21)20-16-9-4-5-10-17(16)23-15-8-6-7-14(2)13-15/h4-10,13H,3,11-12H2,1-2H3,(H2,19,20,21). The third-order valence-corrected chi connectivity index (χ3v) is 3.09. The van der Waals surface area contributed by atoms with Crippen molar-refractivity contribution in [3.8, 4) is 11.5 Å². The number of hydrogen-bond donors (Lipinski definition) is 2. The van der Waals surface area contributed by atoms with Gasteiger partial charge in [-0.2, -0.15) is 0 Å². The maximum atomic E-state index is 11.9. The summed E-state index contributed by atoms with van der Waals surface area (Å²) in [7, 11) is 0. The Bertz CT molecular complexity index is 644. The van der Waals surface area contributed by atoms with Crippen molar-refractivity contribution in [2.75, 3.05) is 25.1 Å². The monoisotopic (exact) mass is 314 g/mol. The van der Waals surface area contributed by atoms with Crippen LogP contribution in [0.3, 0.4) is 0 Å². The zero-order valence-corrected chi connectivity index (χ0v) is 13.5. The highest BCUT2D eigenvalue weighted by molar-refractivity contribution is 5.90. The van der Waals surface area contributed by atoms with Crippen LogP contribution < -0.4 is 15.4 Å². The van der Waals surface area contributed by atoms with Gasteiger partial charge in [-0.3, -0.25) is 0 Å². The summed E-state index contributed by atoms with van der Waals surface area (Å²) >= 11 is 0. The molecule has 0 fully saturated rings. The summed E-state index contributed by atoms with van der Waals surface area (Å²) in [5.74, 6) is 1.33. The van der Waals surface area contributed by atoms with Crippen LogP contribution in [0.2, 0.25) is 0 Å². The van der Waals surface area contributed by atoms with Crippen LogP contribution in [0.4, 0.5) is 10.5 Å². The van der Waals surface area contributed by atoms with Crippen molar-refractivity contribution in [2.24, 2.45) is 0 Å². The van der Waals surface area contributed by atoms with Crippen LogP contribution >= 0.6 is 0 Å². The van der Waals surface area contributed by atoms with Gasteiger partial charge >= 0.3 is 6.03 Å². The first-order chi connectivity index (χ1) is 11.2. The Hall–Kier alpha value is -2.53. The predicted octanol–water partition coefficient (Wildman–Crippen LogP) is 3.95. The molecule has 5 nitrogen and oxygen atoms in total. The van der Waals surface area contributed by atoms with Crippen molar-refractivity contribution in [3.05, 3.63) is 54.1 Å². The molecule has 5 heteroatoms. The molecule has 0 saturated carbocycles. The van der Waals surface area contributed by atoms with Gasteiger partial charge < -0.3 is 20.1 Å². The van der Waals surface area contributed by atoms with Crippen molar-refractivity contribution in [1.29, 1.82) is 0 Å². The van der Waals surface area contributed by atoms with Gasteiger partial charge in [-0.1, -0.05) is 24.3 Å². The number of aryl methyl sites for hydroxylation is 1. The van der Waals surface area contributed by atoms with Crippen LogP contribution in [0, 0.1) is 6.92 Å². The fraction of sp³-hybridized carbons (Fsp3) is 0.278. The zero-order valence-electron chi connectivity index (χ0n) is 13.5. The van der Waals surface area contributed by atoms with E-state index in [1.54, 1.807) is 6.07 Å². The lowest BCUT2D eigenvalue weighted by atomic mass is 10.2. The quantitative estimate of drug-likeness (QED) is 0.761. The van der Waals surface area contributed by atoms with Crippen LogP contribution in [0.1, 0.15) is 12.5 Å². The molecule has 0 radical (unpaired) electrons. The summed E-state index contributed by atoms with van der Waals surface area (Å²) < 4.78 is 11.0. The number of carbonyl (C=O) groups is 1. The fourth-order valence-electron chi connectivity index (χ4n) is 2.01. The van der Waals surface area contributed by atoms with Crippen molar-refractivity contribution < 1.29 is 14.3 Å². The lowest BCUT2D eigenvalue weighted by molar-refractivity contribution is 0.150. The average Bonchev–Trinajstić information content (AvgIpc) is 2.53. The SMILES string of the molecule is CCOCCNC(=O)Nc1ccccc1Oc1cccc(C)c1. The van der Waals surface area contributed by atoms with E-state index in [4.69, 9.17) is 9.47 Å². The molecular weight excluding hydrogens is 292 g/mol. The predicted molar refractivity (Wildman–Crippen MR) is 91.2 cm³/mol. The number of rotatable bonds is 7. The Morgan fingerprint density at radius 1 is 1.13 bits per heavy atom. The topological polar surface area (TPSA) is 59.6 Å². The van der Waals surface area contributed by atoms with Crippen molar-refractivity contribution in [1.82, 2.24) is 5.32 Å². The van der Waals surface area contributed by atoms with Gasteiger partial charge in [-0.05, 0) is 43.7 Å². The highest BCUT2D eigenvalue weighted by atomic mass is 16.5. The molecular formula is C18H22N2O3. The molecule has 2 amide bonds. The van der Waals surface area contributed by atoms with E-state index < -0.39 is 0 Å². The summed E-state index contributed by atoms with van der Waals surface area (Å²) in [6, 6.07) is 14.8. The van der Waals surface area contributed by atoms with Crippen LogP contribution in [0.25, 0.3) is 0 Å². The second-order valence-corrected chi connectivity index (χ2v) is 4.99. The third-order valence-electron chi connectivity index (χ3n) is 3.09. The molecule has 2 aromatic carbocycles. The third kappa shape index (κ3) is 5.64. The van der Waals surface area contributed by atoms with Gasteiger partial charge in [0.15, 0.2) is 5.75 Å². The summed E-state index contributed by atoms with van der Waals surface area (Å²) in [6.45, 7) is 5.50. The molecule has 0 saturated heterocycles. The summed E-state index contributed by atoms with van der Waals surface area (Å²) in [4.78, 5) is 11.9. The van der Waals surface area contributed by atoms with Gasteiger partial charge in [0.25, 0.3) is 0 Å². The molecule has 23 heavy (non-hydrogen) atoms. The fourth-order valence-corrected chi connectivity index (χ4v) is 2.01. The molecule has 2 aromatic rings. The number of anilines is 1. The Morgan fingerprint density at radius 3 is 2.74 bits per heavy atom. The minimum Gasteiger partial charge on any atom is -0.455 e. The first kappa shape index (κ1) is 16.8. The lowest BCUT2D eigenvalue weighted by Crippen LogP contribution is -2.31. The number of para-hydroxylation sites is 2. The Morgan fingerprint density at radius 2 is 1.96 bits per heavy atom. The molecule has 0 atom stereocenters. The molecule has 0 spiro atoms. The van der Waals surface area contributed by atoms with E-state index in [1.807, 2.05) is 56.3 Å². The first-order valence-corrected chi connectivity index (χ1v) is 7.65. The Balaban J connectivity index is 1.98. The Kier molecular flexibility index (Phi) is 6.44. The van der Waals surface area contributed by atoms with E-state index in [9.17, 15) is 4.79 Å². The molecule has 0 aliphatic heterocycles. The molecule has 0 aliphatic carbocycles. The number of hydrogen-bond acceptors (Lipinski definition) is 3. The molecule has 0 aliphatic rings. The number of benzene rings is 2. The van der Waals surface area contributed by atoms with Gasteiger partial charge in [-0.15, -0.1) is 0 Å². The number of nitrogens with one attached hydrogen (secondary N) is 2. The second kappa shape index (κ2) is 8.80. The summed E-state index contributed by atoms with van der Waals surface area (Å²) in [6.07, 6.45) is 0. The summed E-state index contributed by atoms with van der Waals surface area (Å²) in [5, 5.41) is 5.53. The molecule has 2 rings (SSSR count). The lowest BCUT2D eigenvalue weighted by Gasteiger charge is -2.13. The Labute approximate surface area is 136 Å². The van der Waals surface area contributed by atoms with Crippen molar-refractivity contribution in [3.63, 3.8) is 0 Å². The molecule has 0 unspecified atom stereocenters. The van der Waals surface area contributed by atoms with Crippen LogP contribution in [-0.4, -0.2) is 25.8 Å². The smallest absolute Gasteiger partial charge is 0.319 e. The van der Waals surface area contributed by atoms with Gasteiger partial charge in [0.2, 0.25) is 0 Å². The number of ether oxygens (including phenoxy) is 2. The van der Waals surface area contributed by atoms with E-state index in [-0.39, 0.29) is 6.03 Å². The van der Waals surface area contributed by atoms with E-state index in [0.29, 0.717) is 31.2 Å². The number of carbonyl (C=O) groups excluding carboxylic acids is 1. The van der Waals surface area contributed by atoms with Crippen LogP contribution in [0.15, 0.2) is 48.5 Å². The van der Waals surface area contributed by atoms with Gasteiger partial charge in [0.1, 0.15) is 5.75 Å². The van der Waals surface area contributed by atoms with E-state index >= 15 is 0 Å². The number of urea groups is 1. The second-order valence-electron chi connectivity index (χ2n) is 4.99. The highest BCUT2D eigenvalue weighted by Gasteiger charge is 2.08. The molecule has 0 bridgehead atoms. The van der Waals surface area contributed by atoms with E-state index in [2.05, 4.69) is 10.6 Å². The first-order valence-electron chi connectivity index (χ1n) is 7.65. The maximum Gasteiger partial charge on any atom is 0.319 e. The van der Waals surface area contributed by atoms with Crippen molar-refractivity contribution in [2.45, 2.75) is 13.8 Å². The highest BCUT2D eigenvalue weighted by Crippen LogP contribution is 2.29.